The maximum absolute atomic E-state index is 11.7. The Bertz CT molecular complexity index is 445. The van der Waals surface area contributed by atoms with E-state index < -0.39 is 0 Å². The fourth-order valence-corrected chi connectivity index (χ4v) is 2.14. The van der Waals surface area contributed by atoms with Crippen LogP contribution in [-0.2, 0) is 0 Å². The third kappa shape index (κ3) is 2.75. The predicted octanol–water partition coefficient (Wildman–Crippen LogP) is 2.05. The number of rotatable bonds is 4. The van der Waals surface area contributed by atoms with Crippen LogP contribution >= 0.6 is 0 Å². The Hall–Kier alpha value is -1.71. The Morgan fingerprint density at radius 2 is 2.06 bits per heavy atom. The van der Waals surface area contributed by atoms with Gasteiger partial charge in [-0.25, -0.2) is 4.79 Å². The van der Waals surface area contributed by atoms with E-state index in [0.717, 1.165) is 24.4 Å². The van der Waals surface area contributed by atoms with Crippen molar-refractivity contribution in [2.24, 2.45) is 0 Å². The number of likely N-dealkylation sites (N-methyl/N-ethyl adjacent to an activating group) is 1. The molecular weight excluding hydrogens is 228 g/mol. The molecule has 0 saturated carbocycles. The van der Waals surface area contributed by atoms with Crippen LogP contribution in [0.25, 0.3) is 0 Å². The van der Waals surface area contributed by atoms with Crippen molar-refractivity contribution in [3.63, 3.8) is 0 Å². The molecule has 0 N–H and O–H groups in total. The van der Waals surface area contributed by atoms with Gasteiger partial charge in [-0.15, -0.1) is 0 Å². The molecule has 2 rings (SSSR count). The van der Waals surface area contributed by atoms with Crippen LogP contribution in [0.3, 0.4) is 0 Å². The van der Waals surface area contributed by atoms with Crippen LogP contribution in [0.1, 0.15) is 11.1 Å². The van der Waals surface area contributed by atoms with Crippen molar-refractivity contribution in [2.75, 3.05) is 33.3 Å². The van der Waals surface area contributed by atoms with Gasteiger partial charge in [-0.2, -0.15) is 0 Å². The van der Waals surface area contributed by atoms with Gasteiger partial charge in [0.1, 0.15) is 12.4 Å². The van der Waals surface area contributed by atoms with Crippen molar-refractivity contribution in [3.8, 4) is 5.75 Å². The summed E-state index contributed by atoms with van der Waals surface area (Å²) >= 11 is 0. The first-order valence-electron chi connectivity index (χ1n) is 6.28. The molecule has 0 aliphatic carbocycles. The Morgan fingerprint density at radius 1 is 1.28 bits per heavy atom. The summed E-state index contributed by atoms with van der Waals surface area (Å²) in [5.41, 5.74) is 2.37. The molecule has 0 spiro atoms. The monoisotopic (exact) mass is 248 g/mol. The van der Waals surface area contributed by atoms with Crippen LogP contribution in [0, 0.1) is 13.8 Å². The fraction of sp³-hybridized carbons (Fsp3) is 0.500. The second-order valence-corrected chi connectivity index (χ2v) is 4.81. The van der Waals surface area contributed by atoms with Crippen molar-refractivity contribution in [1.82, 2.24) is 9.80 Å². The van der Waals surface area contributed by atoms with Gasteiger partial charge in [0.15, 0.2) is 0 Å². The van der Waals surface area contributed by atoms with Gasteiger partial charge >= 0.3 is 6.03 Å². The van der Waals surface area contributed by atoms with Crippen LogP contribution in [0.4, 0.5) is 4.79 Å². The molecule has 0 atom stereocenters. The van der Waals surface area contributed by atoms with Gasteiger partial charge in [0.2, 0.25) is 0 Å². The summed E-state index contributed by atoms with van der Waals surface area (Å²) in [7, 11) is 1.83. The minimum Gasteiger partial charge on any atom is -0.491 e. The number of nitrogens with zero attached hydrogens (tertiary/aromatic N) is 2. The molecule has 1 aliphatic rings. The molecule has 18 heavy (non-hydrogen) atoms. The van der Waals surface area contributed by atoms with Crippen LogP contribution in [0.5, 0.6) is 5.75 Å². The first-order chi connectivity index (χ1) is 8.58. The molecule has 0 unspecified atom stereocenters. The number of hydrogen-bond acceptors (Lipinski definition) is 2. The highest BCUT2D eigenvalue weighted by Crippen LogP contribution is 2.18. The number of carbonyl (C=O) groups is 1. The molecule has 1 fully saturated rings. The maximum atomic E-state index is 11.7. The first-order valence-corrected chi connectivity index (χ1v) is 6.28. The molecule has 0 bridgehead atoms. The second-order valence-electron chi connectivity index (χ2n) is 4.81. The summed E-state index contributed by atoms with van der Waals surface area (Å²) in [6, 6.07) is 6.23. The highest BCUT2D eigenvalue weighted by atomic mass is 16.5. The van der Waals surface area contributed by atoms with E-state index in [1.54, 1.807) is 4.90 Å². The third-order valence-corrected chi connectivity index (χ3v) is 3.25. The molecule has 0 aromatic heterocycles. The Morgan fingerprint density at radius 3 is 2.67 bits per heavy atom. The lowest BCUT2D eigenvalue weighted by Crippen LogP contribution is -2.32. The van der Waals surface area contributed by atoms with Gasteiger partial charge in [0.05, 0.1) is 6.54 Å². The molecule has 1 heterocycles. The van der Waals surface area contributed by atoms with Crippen molar-refractivity contribution in [2.45, 2.75) is 13.8 Å². The summed E-state index contributed by atoms with van der Waals surface area (Å²) < 4.78 is 5.72. The predicted molar refractivity (Wildman–Crippen MR) is 71.0 cm³/mol. The SMILES string of the molecule is Cc1ccc(OCCN2CCN(C)C2=O)c(C)c1. The van der Waals surface area contributed by atoms with Crippen LogP contribution < -0.4 is 4.74 Å². The zero-order valence-corrected chi connectivity index (χ0v) is 11.3. The zero-order chi connectivity index (χ0) is 13.1. The van der Waals surface area contributed by atoms with E-state index in [1.165, 1.54) is 5.56 Å². The highest BCUT2D eigenvalue weighted by molar-refractivity contribution is 5.76. The van der Waals surface area contributed by atoms with Crippen molar-refractivity contribution >= 4 is 6.03 Å². The van der Waals surface area contributed by atoms with Crippen molar-refractivity contribution in [1.29, 1.82) is 0 Å². The number of aryl methyl sites for hydroxylation is 2. The number of hydrogen-bond donors (Lipinski definition) is 0. The number of amides is 2. The lowest BCUT2D eigenvalue weighted by molar-refractivity contribution is 0.187. The summed E-state index contributed by atoms with van der Waals surface area (Å²) in [5, 5.41) is 0. The largest absolute Gasteiger partial charge is 0.491 e. The number of benzene rings is 1. The molecule has 1 aliphatic heterocycles. The maximum Gasteiger partial charge on any atom is 0.319 e. The normalized spacial score (nSPS) is 15.4. The molecule has 1 aromatic rings. The Balaban J connectivity index is 1.84. The van der Waals surface area contributed by atoms with Crippen LogP contribution in [0.15, 0.2) is 18.2 Å². The standard InChI is InChI=1S/C14H20N2O2/c1-11-4-5-13(12(2)10-11)18-9-8-16-7-6-15(3)14(16)17/h4-5,10H,6-9H2,1-3H3. The third-order valence-electron chi connectivity index (χ3n) is 3.25. The quantitative estimate of drug-likeness (QED) is 0.817. The number of urea groups is 1. The lowest BCUT2D eigenvalue weighted by Gasteiger charge is -2.17. The summed E-state index contributed by atoms with van der Waals surface area (Å²) in [4.78, 5) is 15.2. The first kappa shape index (κ1) is 12.7. The topological polar surface area (TPSA) is 32.8 Å². The molecular formula is C14H20N2O2. The van der Waals surface area contributed by atoms with Crippen molar-refractivity contribution in [3.05, 3.63) is 29.3 Å². The van der Waals surface area contributed by atoms with E-state index in [2.05, 4.69) is 13.0 Å². The average molecular weight is 248 g/mol. The van der Waals surface area contributed by atoms with Gasteiger partial charge in [0, 0.05) is 20.1 Å². The number of carbonyl (C=O) groups excluding carboxylic acids is 1. The van der Waals surface area contributed by atoms with Gasteiger partial charge in [-0.1, -0.05) is 17.7 Å². The zero-order valence-electron chi connectivity index (χ0n) is 11.3. The van der Waals surface area contributed by atoms with E-state index in [1.807, 2.05) is 31.0 Å². The van der Waals surface area contributed by atoms with E-state index in [-0.39, 0.29) is 6.03 Å². The van der Waals surface area contributed by atoms with Crippen LogP contribution in [0.2, 0.25) is 0 Å². The molecule has 1 saturated heterocycles. The summed E-state index contributed by atoms with van der Waals surface area (Å²) in [5.74, 6) is 0.903. The van der Waals surface area contributed by atoms with E-state index in [0.29, 0.717) is 13.2 Å². The molecule has 2 amide bonds. The van der Waals surface area contributed by atoms with E-state index >= 15 is 0 Å². The van der Waals surface area contributed by atoms with E-state index in [4.69, 9.17) is 4.74 Å². The van der Waals surface area contributed by atoms with Crippen molar-refractivity contribution < 1.29 is 9.53 Å². The summed E-state index contributed by atoms with van der Waals surface area (Å²) in [6.07, 6.45) is 0. The number of ether oxygens (including phenoxy) is 1. The summed E-state index contributed by atoms with van der Waals surface area (Å²) in [6.45, 7) is 6.90. The Kier molecular flexibility index (Phi) is 3.75. The second kappa shape index (κ2) is 5.29. The van der Waals surface area contributed by atoms with E-state index in [9.17, 15) is 4.79 Å². The molecule has 1 aromatic carbocycles. The smallest absolute Gasteiger partial charge is 0.319 e. The average Bonchev–Trinajstić information content (AvgIpc) is 2.64. The minimum atomic E-state index is 0.0965. The van der Waals surface area contributed by atoms with Gasteiger partial charge in [0.25, 0.3) is 0 Å². The van der Waals surface area contributed by atoms with Gasteiger partial charge in [-0.05, 0) is 25.5 Å². The van der Waals surface area contributed by atoms with Gasteiger partial charge < -0.3 is 14.5 Å². The van der Waals surface area contributed by atoms with Crippen LogP contribution in [-0.4, -0.2) is 49.1 Å². The molecule has 4 heteroatoms. The molecule has 98 valence electrons. The fourth-order valence-electron chi connectivity index (χ4n) is 2.14. The molecule has 4 nitrogen and oxygen atoms in total. The molecule has 0 radical (unpaired) electrons. The van der Waals surface area contributed by atoms with Gasteiger partial charge in [-0.3, -0.25) is 0 Å². The highest BCUT2D eigenvalue weighted by Gasteiger charge is 2.24. The minimum absolute atomic E-state index is 0.0965. The Labute approximate surface area is 108 Å². The lowest BCUT2D eigenvalue weighted by atomic mass is 10.1.